The van der Waals surface area contributed by atoms with Crippen LogP contribution in [0, 0.1) is 0 Å². The van der Waals surface area contributed by atoms with E-state index in [4.69, 9.17) is 33.2 Å². The Hall–Kier alpha value is -0.860. The molecule has 0 atom stereocenters. The molecule has 0 aliphatic rings. The second kappa shape index (κ2) is 19.6. The van der Waals surface area contributed by atoms with Gasteiger partial charge in [-0.2, -0.15) is 8.42 Å². The van der Waals surface area contributed by atoms with E-state index in [9.17, 15) is 13.2 Å². The van der Waals surface area contributed by atoms with Crippen LogP contribution in [0.25, 0.3) is 0 Å². The maximum atomic E-state index is 11.5. The molecule has 32 heavy (non-hydrogen) atoms. The van der Waals surface area contributed by atoms with Crippen molar-refractivity contribution < 1.29 is 50.6 Å². The Bertz CT molecular complexity index is 546. The molecular weight excluding hydrogens is 448 g/mol. The van der Waals surface area contributed by atoms with Crippen LogP contribution in [0.3, 0.4) is 0 Å². The average Bonchev–Trinajstić information content (AvgIpc) is 2.67. The Morgan fingerprint density at radius 2 is 0.906 bits per heavy atom. The number of esters is 1. The second-order valence-corrected chi connectivity index (χ2v) is 9.18. The van der Waals surface area contributed by atoms with E-state index in [-0.39, 0.29) is 25.6 Å². The summed E-state index contributed by atoms with van der Waals surface area (Å²) in [5.41, 5.74) is -0.476. The summed E-state index contributed by atoms with van der Waals surface area (Å²) in [6.45, 7) is 10.3. The largest absolute Gasteiger partial charge is 0.460 e. The van der Waals surface area contributed by atoms with Crippen molar-refractivity contribution in [1.82, 2.24) is 0 Å². The number of rotatable bonds is 22. The lowest BCUT2D eigenvalue weighted by molar-refractivity contribution is -0.156. The summed E-state index contributed by atoms with van der Waals surface area (Å²) in [4.78, 5) is 11.5. The minimum absolute atomic E-state index is 0.00336. The molecule has 12 heteroatoms. The molecule has 0 spiro atoms. The van der Waals surface area contributed by atoms with Crippen molar-refractivity contribution in [2.24, 2.45) is 0 Å². The van der Waals surface area contributed by atoms with Gasteiger partial charge in [-0.25, -0.2) is 0 Å². The van der Waals surface area contributed by atoms with Crippen LogP contribution in [0.4, 0.5) is 0 Å². The predicted molar refractivity (Wildman–Crippen MR) is 116 cm³/mol. The highest BCUT2D eigenvalue weighted by atomic mass is 32.2. The van der Waals surface area contributed by atoms with E-state index in [1.54, 1.807) is 0 Å². The molecule has 0 heterocycles. The lowest BCUT2D eigenvalue weighted by Gasteiger charge is -2.19. The summed E-state index contributed by atoms with van der Waals surface area (Å²) in [6, 6.07) is 0. The van der Waals surface area contributed by atoms with Crippen LogP contribution >= 0.6 is 0 Å². The van der Waals surface area contributed by atoms with Gasteiger partial charge in [0.2, 0.25) is 0 Å². The third-order valence-electron chi connectivity index (χ3n) is 3.26. The van der Waals surface area contributed by atoms with Crippen molar-refractivity contribution in [1.29, 1.82) is 0 Å². The number of ether oxygens (including phenoxy) is 7. The fraction of sp³-hybridized carbons (Fsp3) is 0.950. The van der Waals surface area contributed by atoms with Crippen molar-refractivity contribution >= 4 is 16.1 Å². The average molecular weight is 489 g/mol. The SMILES string of the molecule is CC(C)(C)OC(=O)CCOCCOCCOCCOCCOCCOCCOS(C)(=O)=O. The summed E-state index contributed by atoms with van der Waals surface area (Å²) in [6.07, 6.45) is 1.22. The maximum absolute atomic E-state index is 11.5. The van der Waals surface area contributed by atoms with Crippen LogP contribution in [0.1, 0.15) is 27.2 Å². The lowest BCUT2D eigenvalue weighted by atomic mass is 10.2. The first-order valence-corrected chi connectivity index (χ1v) is 12.4. The summed E-state index contributed by atoms with van der Waals surface area (Å²) in [7, 11) is -3.42. The zero-order chi connectivity index (χ0) is 24.1. The van der Waals surface area contributed by atoms with Crippen molar-refractivity contribution in [3.63, 3.8) is 0 Å². The van der Waals surface area contributed by atoms with Crippen molar-refractivity contribution in [3.05, 3.63) is 0 Å². The van der Waals surface area contributed by atoms with E-state index in [2.05, 4.69) is 4.18 Å². The van der Waals surface area contributed by atoms with E-state index >= 15 is 0 Å². The molecule has 11 nitrogen and oxygen atoms in total. The van der Waals surface area contributed by atoms with Gasteiger partial charge in [-0.3, -0.25) is 8.98 Å². The molecule has 0 bridgehead atoms. The van der Waals surface area contributed by atoms with Crippen LogP contribution in [-0.4, -0.2) is 112 Å². The number of carbonyl (C=O) groups is 1. The van der Waals surface area contributed by atoms with Gasteiger partial charge in [-0.1, -0.05) is 0 Å². The molecule has 0 fully saturated rings. The third kappa shape index (κ3) is 27.2. The number of carbonyl (C=O) groups excluding carboxylic acids is 1. The van der Waals surface area contributed by atoms with Gasteiger partial charge in [0.15, 0.2) is 0 Å². The third-order valence-corrected chi connectivity index (χ3v) is 3.85. The Balaban J connectivity index is 3.16. The summed E-state index contributed by atoms with van der Waals surface area (Å²) < 4.78 is 63.1. The van der Waals surface area contributed by atoms with E-state index in [0.717, 1.165) is 6.26 Å². The van der Waals surface area contributed by atoms with E-state index in [1.807, 2.05) is 20.8 Å². The van der Waals surface area contributed by atoms with Crippen LogP contribution in [0.2, 0.25) is 0 Å². The molecule has 0 aliphatic heterocycles. The minimum Gasteiger partial charge on any atom is -0.460 e. The topological polar surface area (TPSA) is 125 Å². The standard InChI is InChI=1S/C20H40O11S/c1-20(2,3)31-19(21)5-6-24-7-8-25-9-10-26-11-12-27-13-14-28-15-16-29-17-18-30-32(4,22)23/h5-18H2,1-4H3. The highest BCUT2D eigenvalue weighted by Crippen LogP contribution is 2.07. The quantitative estimate of drug-likeness (QED) is 0.122. The van der Waals surface area contributed by atoms with Gasteiger partial charge in [0, 0.05) is 0 Å². The predicted octanol–water partition coefficient (Wildman–Crippen LogP) is 0.794. The van der Waals surface area contributed by atoms with Crippen molar-refractivity contribution in [3.8, 4) is 0 Å². The zero-order valence-electron chi connectivity index (χ0n) is 19.8. The molecule has 0 aromatic heterocycles. The summed E-state index contributed by atoms with van der Waals surface area (Å²) in [5, 5.41) is 0. The highest BCUT2D eigenvalue weighted by Gasteiger charge is 2.15. The van der Waals surface area contributed by atoms with Gasteiger partial charge in [-0.05, 0) is 20.8 Å². The molecule has 0 saturated heterocycles. The lowest BCUT2D eigenvalue weighted by Crippen LogP contribution is -2.24. The van der Waals surface area contributed by atoms with E-state index < -0.39 is 15.7 Å². The van der Waals surface area contributed by atoms with Gasteiger partial charge in [-0.15, -0.1) is 0 Å². The van der Waals surface area contributed by atoms with E-state index in [0.29, 0.717) is 72.7 Å². The molecule has 192 valence electrons. The normalized spacial score (nSPS) is 12.2. The Labute approximate surface area is 192 Å². The number of hydrogen-bond donors (Lipinski definition) is 0. The second-order valence-electron chi connectivity index (χ2n) is 7.54. The monoisotopic (exact) mass is 488 g/mol. The zero-order valence-corrected chi connectivity index (χ0v) is 20.6. The summed E-state index contributed by atoms with van der Waals surface area (Å²) in [5.74, 6) is -0.274. The van der Waals surface area contributed by atoms with Gasteiger partial charge in [0.05, 0.1) is 98.6 Å². The fourth-order valence-corrected chi connectivity index (χ4v) is 2.36. The molecule has 0 radical (unpaired) electrons. The van der Waals surface area contributed by atoms with Crippen LogP contribution in [0.5, 0.6) is 0 Å². The van der Waals surface area contributed by atoms with Gasteiger partial charge < -0.3 is 33.2 Å². The molecule has 0 aromatic carbocycles. The smallest absolute Gasteiger partial charge is 0.308 e. The fourth-order valence-electron chi connectivity index (χ4n) is 1.99. The highest BCUT2D eigenvalue weighted by molar-refractivity contribution is 7.85. The van der Waals surface area contributed by atoms with Crippen LogP contribution in [-0.2, 0) is 52.3 Å². The Kier molecular flexibility index (Phi) is 19.1. The molecule has 0 saturated carbocycles. The molecule has 0 rings (SSSR count). The minimum atomic E-state index is -3.42. The van der Waals surface area contributed by atoms with Gasteiger partial charge in [0.25, 0.3) is 10.1 Å². The van der Waals surface area contributed by atoms with Crippen molar-refractivity contribution in [2.45, 2.75) is 32.8 Å². The van der Waals surface area contributed by atoms with Gasteiger partial charge in [0.1, 0.15) is 5.60 Å². The maximum Gasteiger partial charge on any atom is 0.308 e. The number of hydrogen-bond acceptors (Lipinski definition) is 11. The van der Waals surface area contributed by atoms with Crippen molar-refractivity contribution in [2.75, 3.05) is 92.1 Å². The summed E-state index contributed by atoms with van der Waals surface area (Å²) >= 11 is 0. The molecular formula is C20H40O11S. The van der Waals surface area contributed by atoms with Gasteiger partial charge >= 0.3 is 5.97 Å². The molecule has 0 aliphatic carbocycles. The Morgan fingerprint density at radius 1 is 0.594 bits per heavy atom. The molecule has 0 unspecified atom stereocenters. The van der Waals surface area contributed by atoms with Crippen LogP contribution < -0.4 is 0 Å². The first kappa shape index (κ1) is 31.1. The molecule has 0 amide bonds. The molecule has 0 aromatic rings. The Morgan fingerprint density at radius 3 is 1.22 bits per heavy atom. The van der Waals surface area contributed by atoms with Crippen LogP contribution in [0.15, 0.2) is 0 Å². The first-order chi connectivity index (χ1) is 15.1. The first-order valence-electron chi connectivity index (χ1n) is 10.6. The molecule has 0 N–H and O–H groups in total. The van der Waals surface area contributed by atoms with E-state index in [1.165, 1.54) is 0 Å².